The first-order valence-corrected chi connectivity index (χ1v) is 9.81. The van der Waals surface area contributed by atoms with Crippen LogP contribution >= 0.6 is 0 Å². The number of hydrogen-bond acceptors (Lipinski definition) is 4. The van der Waals surface area contributed by atoms with Crippen LogP contribution in [0.15, 0.2) is 43.0 Å². The van der Waals surface area contributed by atoms with E-state index in [-0.39, 0.29) is 11.9 Å². The van der Waals surface area contributed by atoms with Gasteiger partial charge in [0.15, 0.2) is 0 Å². The number of amides is 1. The Labute approximate surface area is 163 Å². The molecule has 0 aliphatic carbocycles. The molecule has 1 N–H and O–H groups in total. The van der Waals surface area contributed by atoms with Crippen molar-refractivity contribution in [2.45, 2.75) is 12.6 Å². The molecule has 5 rings (SSSR count). The van der Waals surface area contributed by atoms with E-state index in [0.29, 0.717) is 24.8 Å². The molecule has 4 heterocycles. The van der Waals surface area contributed by atoms with Gasteiger partial charge in [-0.3, -0.25) is 9.69 Å². The summed E-state index contributed by atoms with van der Waals surface area (Å²) in [5.74, 6) is 0.321. The molecule has 2 saturated heterocycles. The summed E-state index contributed by atoms with van der Waals surface area (Å²) in [4.78, 5) is 25.1. The molecule has 0 radical (unpaired) electrons. The average molecular weight is 379 g/mol. The maximum Gasteiger partial charge on any atom is 0.274 e. The molecule has 3 aromatic rings. The molecule has 0 unspecified atom stereocenters. The van der Waals surface area contributed by atoms with Gasteiger partial charge in [0.05, 0.1) is 25.6 Å². The number of fused-ring (bicyclic) bond motifs is 4. The number of nitrogens with zero attached hydrogens (tertiary/aromatic N) is 4. The normalized spacial score (nSPS) is 23.1. The summed E-state index contributed by atoms with van der Waals surface area (Å²) in [5, 5.41) is 1.27. The fraction of sp³-hybridized carbons (Fsp3) is 0.429. The second-order valence-corrected chi connectivity index (χ2v) is 7.99. The highest BCUT2D eigenvalue weighted by atomic mass is 16.5. The molecule has 2 aliphatic heterocycles. The van der Waals surface area contributed by atoms with Gasteiger partial charge < -0.3 is 19.2 Å². The summed E-state index contributed by atoms with van der Waals surface area (Å²) in [5.41, 5.74) is 3.00. The highest BCUT2D eigenvalue weighted by molar-refractivity contribution is 5.92. The number of carbonyl (C=O) groups excluding carboxylic acids is 1. The smallest absolute Gasteiger partial charge is 0.274 e. The summed E-state index contributed by atoms with van der Waals surface area (Å²) in [6.07, 6.45) is 5.46. The second kappa shape index (κ2) is 7.07. The summed E-state index contributed by atoms with van der Waals surface area (Å²) in [6.45, 7) is 4.64. The first-order chi connectivity index (χ1) is 13.7. The SMILES string of the molecule is Cn1cnc(C(=O)N2C[C@H]3COC[C@@H]2CN(Cc2cccc4[nH]ccc24)C3)c1. The van der Waals surface area contributed by atoms with Crippen molar-refractivity contribution in [2.75, 3.05) is 32.8 Å². The lowest BCUT2D eigenvalue weighted by Gasteiger charge is -2.31. The number of hydrogen-bond donors (Lipinski definition) is 1. The van der Waals surface area contributed by atoms with Crippen molar-refractivity contribution in [1.29, 1.82) is 0 Å². The van der Waals surface area contributed by atoms with Gasteiger partial charge in [0, 0.05) is 62.4 Å². The van der Waals surface area contributed by atoms with Crippen LogP contribution in [0.4, 0.5) is 0 Å². The third kappa shape index (κ3) is 3.21. The van der Waals surface area contributed by atoms with E-state index in [1.165, 1.54) is 16.5 Å². The first kappa shape index (κ1) is 17.5. The number of rotatable bonds is 3. The summed E-state index contributed by atoms with van der Waals surface area (Å²) >= 11 is 0. The molecule has 2 bridgehead atoms. The van der Waals surface area contributed by atoms with Crippen LogP contribution in [-0.4, -0.2) is 69.1 Å². The van der Waals surface area contributed by atoms with Crippen molar-refractivity contribution in [2.24, 2.45) is 13.0 Å². The summed E-state index contributed by atoms with van der Waals surface area (Å²) < 4.78 is 7.71. The van der Waals surface area contributed by atoms with E-state index < -0.39 is 0 Å². The summed E-state index contributed by atoms with van der Waals surface area (Å²) in [7, 11) is 1.89. The van der Waals surface area contributed by atoms with Gasteiger partial charge in [-0.1, -0.05) is 12.1 Å². The largest absolute Gasteiger partial charge is 0.379 e. The predicted octanol–water partition coefficient (Wildman–Crippen LogP) is 1.87. The molecule has 146 valence electrons. The molecule has 1 aromatic carbocycles. The zero-order valence-electron chi connectivity index (χ0n) is 16.0. The topological polar surface area (TPSA) is 66.4 Å². The highest BCUT2D eigenvalue weighted by Crippen LogP contribution is 2.25. The molecule has 2 aromatic heterocycles. The van der Waals surface area contributed by atoms with Crippen LogP contribution in [-0.2, 0) is 18.3 Å². The fourth-order valence-corrected chi connectivity index (χ4v) is 4.52. The lowest BCUT2D eigenvalue weighted by Crippen LogP contribution is -2.46. The molecular weight excluding hydrogens is 354 g/mol. The number of ether oxygens (including phenoxy) is 1. The predicted molar refractivity (Wildman–Crippen MR) is 106 cm³/mol. The van der Waals surface area contributed by atoms with Crippen LogP contribution < -0.4 is 0 Å². The van der Waals surface area contributed by atoms with Crippen LogP contribution in [0.1, 0.15) is 16.1 Å². The molecule has 1 amide bonds. The third-order valence-electron chi connectivity index (χ3n) is 5.81. The van der Waals surface area contributed by atoms with Gasteiger partial charge >= 0.3 is 0 Å². The molecule has 0 saturated carbocycles. The van der Waals surface area contributed by atoms with Crippen LogP contribution in [0.25, 0.3) is 10.9 Å². The van der Waals surface area contributed by atoms with E-state index in [1.807, 2.05) is 22.7 Å². The van der Waals surface area contributed by atoms with Gasteiger partial charge in [-0.05, 0) is 17.7 Å². The average Bonchev–Trinajstić information content (AvgIpc) is 3.23. The van der Waals surface area contributed by atoms with Crippen molar-refractivity contribution in [3.8, 4) is 0 Å². The fourth-order valence-electron chi connectivity index (χ4n) is 4.52. The van der Waals surface area contributed by atoms with E-state index in [0.717, 1.165) is 26.2 Å². The van der Waals surface area contributed by atoms with E-state index in [1.54, 1.807) is 12.5 Å². The Bertz CT molecular complexity index is 994. The maximum atomic E-state index is 13.1. The molecular formula is C21H25N5O2. The summed E-state index contributed by atoms with van der Waals surface area (Å²) in [6, 6.07) is 8.60. The quantitative estimate of drug-likeness (QED) is 0.755. The van der Waals surface area contributed by atoms with Gasteiger partial charge in [0.25, 0.3) is 5.91 Å². The van der Waals surface area contributed by atoms with Crippen molar-refractivity contribution < 1.29 is 9.53 Å². The zero-order chi connectivity index (χ0) is 19.1. The Balaban J connectivity index is 1.39. The van der Waals surface area contributed by atoms with Crippen molar-refractivity contribution in [1.82, 2.24) is 24.3 Å². The van der Waals surface area contributed by atoms with E-state index >= 15 is 0 Å². The number of aromatic amines is 1. The van der Waals surface area contributed by atoms with Crippen molar-refractivity contribution in [3.05, 3.63) is 54.2 Å². The minimum Gasteiger partial charge on any atom is -0.379 e. The van der Waals surface area contributed by atoms with Gasteiger partial charge in [0.2, 0.25) is 0 Å². The number of aromatic nitrogens is 3. The van der Waals surface area contributed by atoms with Gasteiger partial charge in [-0.25, -0.2) is 4.98 Å². The molecule has 2 fully saturated rings. The molecule has 28 heavy (non-hydrogen) atoms. The maximum absolute atomic E-state index is 13.1. The van der Waals surface area contributed by atoms with Crippen LogP contribution in [0.5, 0.6) is 0 Å². The Kier molecular flexibility index (Phi) is 4.41. The number of aryl methyl sites for hydroxylation is 1. The number of imidazole rings is 1. The molecule has 2 aliphatic rings. The molecule has 7 heteroatoms. The molecule has 2 atom stereocenters. The van der Waals surface area contributed by atoms with Crippen LogP contribution in [0.2, 0.25) is 0 Å². The zero-order valence-corrected chi connectivity index (χ0v) is 16.0. The number of benzene rings is 1. The highest BCUT2D eigenvalue weighted by Gasteiger charge is 2.36. The Morgan fingerprint density at radius 3 is 3.04 bits per heavy atom. The van der Waals surface area contributed by atoms with Gasteiger partial charge in [0.1, 0.15) is 5.69 Å². The lowest BCUT2D eigenvalue weighted by molar-refractivity contribution is 0.0422. The van der Waals surface area contributed by atoms with Crippen molar-refractivity contribution in [3.63, 3.8) is 0 Å². The van der Waals surface area contributed by atoms with E-state index in [4.69, 9.17) is 4.74 Å². The second-order valence-electron chi connectivity index (χ2n) is 7.99. The van der Waals surface area contributed by atoms with Crippen LogP contribution in [0.3, 0.4) is 0 Å². The van der Waals surface area contributed by atoms with Crippen molar-refractivity contribution >= 4 is 16.8 Å². The standard InChI is InChI=1S/C21H25N5O2/c1-24-11-20(23-14-24)21(27)26-8-15-7-25(10-17(26)13-28-12-15)9-16-3-2-4-19-18(16)5-6-22-19/h2-6,11,14-15,17,22H,7-10,12-13H2,1H3/t15-,17-/m0/s1. The third-order valence-corrected chi connectivity index (χ3v) is 5.81. The molecule has 0 spiro atoms. The Morgan fingerprint density at radius 2 is 2.18 bits per heavy atom. The Hall–Kier alpha value is -2.64. The monoisotopic (exact) mass is 379 g/mol. The minimum absolute atomic E-state index is 0.00989. The Morgan fingerprint density at radius 1 is 1.25 bits per heavy atom. The van der Waals surface area contributed by atoms with Crippen LogP contribution in [0, 0.1) is 5.92 Å². The number of carbonyl (C=O) groups is 1. The minimum atomic E-state index is 0.00989. The van der Waals surface area contributed by atoms with E-state index in [9.17, 15) is 4.79 Å². The molecule has 7 nitrogen and oxygen atoms in total. The van der Waals surface area contributed by atoms with Gasteiger partial charge in [-0.15, -0.1) is 0 Å². The van der Waals surface area contributed by atoms with E-state index in [2.05, 4.69) is 39.1 Å². The lowest BCUT2D eigenvalue weighted by atomic mass is 10.1. The number of nitrogens with one attached hydrogen (secondary N) is 1. The van der Waals surface area contributed by atoms with Gasteiger partial charge in [-0.2, -0.15) is 0 Å². The first-order valence-electron chi connectivity index (χ1n) is 9.81. The number of H-pyrrole nitrogens is 1.